The van der Waals surface area contributed by atoms with Crippen molar-refractivity contribution in [3.05, 3.63) is 35.6 Å². The van der Waals surface area contributed by atoms with Crippen LogP contribution in [0.4, 0.5) is 4.39 Å². The molecule has 3 N–H and O–H groups in total. The lowest BCUT2D eigenvalue weighted by molar-refractivity contribution is -0.119. The van der Waals surface area contributed by atoms with Crippen LogP contribution in [0.1, 0.15) is 23.2 Å². The Morgan fingerprint density at radius 3 is 2.40 bits per heavy atom. The number of nitrogens with two attached hydrogens (primary N) is 1. The van der Waals surface area contributed by atoms with Gasteiger partial charge in [-0.2, -0.15) is 0 Å². The lowest BCUT2D eigenvalue weighted by Gasteiger charge is -2.34. The van der Waals surface area contributed by atoms with E-state index in [1.165, 1.54) is 29.2 Å². The summed E-state index contributed by atoms with van der Waals surface area (Å²) in [6.07, 6.45) is 1.56. The topological polar surface area (TPSA) is 75.4 Å². The number of benzene rings is 1. The van der Waals surface area contributed by atoms with Gasteiger partial charge in [0.05, 0.1) is 6.54 Å². The molecule has 1 aliphatic heterocycles. The predicted molar refractivity (Wildman–Crippen MR) is 72.5 cm³/mol. The molecular formula is C14H18FN3O2. The second-order valence-electron chi connectivity index (χ2n) is 4.89. The summed E-state index contributed by atoms with van der Waals surface area (Å²) >= 11 is 0. The summed E-state index contributed by atoms with van der Waals surface area (Å²) in [6.45, 7) is 1.49. The Bertz CT molecular complexity index is 484. The van der Waals surface area contributed by atoms with Crippen LogP contribution in [0.25, 0.3) is 0 Å². The minimum atomic E-state index is -0.543. The fraction of sp³-hybridized carbons (Fsp3) is 0.429. The van der Waals surface area contributed by atoms with Crippen molar-refractivity contribution < 1.29 is 14.0 Å². The summed E-state index contributed by atoms with van der Waals surface area (Å²) in [5.74, 6) is -1.22. The molecule has 5 nitrogen and oxygen atoms in total. The Morgan fingerprint density at radius 2 is 1.85 bits per heavy atom. The van der Waals surface area contributed by atoms with Gasteiger partial charge in [-0.05, 0) is 50.2 Å². The molecule has 0 atom stereocenters. The van der Waals surface area contributed by atoms with E-state index in [0.29, 0.717) is 5.56 Å². The van der Waals surface area contributed by atoms with Crippen LogP contribution < -0.4 is 11.1 Å². The molecule has 0 unspecified atom stereocenters. The number of hydrogen-bond acceptors (Lipinski definition) is 3. The average molecular weight is 279 g/mol. The molecule has 0 radical (unpaired) electrons. The van der Waals surface area contributed by atoms with Crippen LogP contribution in [0.3, 0.4) is 0 Å². The summed E-state index contributed by atoms with van der Waals surface area (Å²) in [4.78, 5) is 25.2. The number of primary amides is 1. The zero-order valence-corrected chi connectivity index (χ0v) is 11.1. The van der Waals surface area contributed by atoms with E-state index in [2.05, 4.69) is 5.32 Å². The van der Waals surface area contributed by atoms with Crippen LogP contribution in [0.15, 0.2) is 24.3 Å². The molecule has 0 bridgehead atoms. The largest absolute Gasteiger partial charge is 0.368 e. The van der Waals surface area contributed by atoms with Gasteiger partial charge >= 0.3 is 0 Å². The average Bonchev–Trinajstić information content (AvgIpc) is 2.45. The highest BCUT2D eigenvalue weighted by atomic mass is 19.1. The third-order valence-electron chi connectivity index (χ3n) is 3.43. The number of nitrogens with one attached hydrogen (secondary N) is 1. The van der Waals surface area contributed by atoms with Crippen molar-refractivity contribution in [2.75, 3.05) is 19.6 Å². The summed E-state index contributed by atoms with van der Waals surface area (Å²) in [7, 11) is 0. The van der Waals surface area contributed by atoms with Crippen molar-refractivity contribution in [3.63, 3.8) is 0 Å². The van der Waals surface area contributed by atoms with Crippen LogP contribution in [0.2, 0.25) is 0 Å². The summed E-state index contributed by atoms with van der Waals surface area (Å²) in [5, 5.41) is 3.21. The first-order valence-electron chi connectivity index (χ1n) is 6.63. The van der Waals surface area contributed by atoms with Gasteiger partial charge in [-0.3, -0.25) is 9.59 Å². The van der Waals surface area contributed by atoms with Gasteiger partial charge in [0.2, 0.25) is 5.91 Å². The van der Waals surface area contributed by atoms with Gasteiger partial charge < -0.3 is 16.0 Å². The Balaban J connectivity index is 2.18. The summed E-state index contributed by atoms with van der Waals surface area (Å²) < 4.78 is 12.9. The molecule has 20 heavy (non-hydrogen) atoms. The maximum Gasteiger partial charge on any atom is 0.254 e. The summed E-state index contributed by atoms with van der Waals surface area (Å²) in [6, 6.07) is 5.30. The number of nitrogens with zero attached hydrogens (tertiary/aromatic N) is 1. The van der Waals surface area contributed by atoms with Crippen molar-refractivity contribution in [2.24, 2.45) is 5.73 Å². The lowest BCUT2D eigenvalue weighted by Crippen LogP contribution is -2.49. The monoisotopic (exact) mass is 279 g/mol. The fourth-order valence-corrected chi connectivity index (χ4v) is 2.41. The Labute approximate surface area is 116 Å². The standard InChI is InChI=1S/C14H18FN3O2/c15-11-3-1-10(2-4-11)14(20)18(9-13(16)19)12-5-7-17-8-6-12/h1-4,12,17H,5-9H2,(H2,16,19). The van der Waals surface area contributed by atoms with Crippen molar-refractivity contribution in [1.29, 1.82) is 0 Å². The third-order valence-corrected chi connectivity index (χ3v) is 3.43. The second-order valence-corrected chi connectivity index (χ2v) is 4.89. The van der Waals surface area contributed by atoms with Gasteiger partial charge in [-0.25, -0.2) is 4.39 Å². The van der Waals surface area contributed by atoms with Crippen molar-refractivity contribution in [1.82, 2.24) is 10.2 Å². The number of halogens is 1. The highest BCUT2D eigenvalue weighted by Crippen LogP contribution is 2.16. The molecule has 108 valence electrons. The van der Waals surface area contributed by atoms with Crippen molar-refractivity contribution >= 4 is 11.8 Å². The van der Waals surface area contributed by atoms with Crippen molar-refractivity contribution in [3.8, 4) is 0 Å². The molecule has 1 saturated heterocycles. The maximum absolute atomic E-state index is 12.9. The SMILES string of the molecule is NC(=O)CN(C(=O)c1ccc(F)cc1)C1CCNCC1. The van der Waals surface area contributed by atoms with Gasteiger partial charge in [-0.1, -0.05) is 0 Å². The molecule has 2 rings (SSSR count). The molecular weight excluding hydrogens is 261 g/mol. The molecule has 0 saturated carbocycles. The number of hydrogen-bond donors (Lipinski definition) is 2. The molecule has 0 aliphatic carbocycles. The highest BCUT2D eigenvalue weighted by Gasteiger charge is 2.27. The minimum absolute atomic E-state index is 0.0127. The molecule has 6 heteroatoms. The van der Waals surface area contributed by atoms with Crippen LogP contribution in [-0.2, 0) is 4.79 Å². The van der Waals surface area contributed by atoms with E-state index in [-0.39, 0.29) is 18.5 Å². The first kappa shape index (κ1) is 14.5. The van der Waals surface area contributed by atoms with E-state index < -0.39 is 11.7 Å². The Kier molecular flexibility index (Phi) is 4.68. The molecule has 1 fully saturated rings. The number of carbonyl (C=O) groups excluding carboxylic acids is 2. The quantitative estimate of drug-likeness (QED) is 0.843. The second kappa shape index (κ2) is 6.47. The van der Waals surface area contributed by atoms with Gasteiger partial charge in [0, 0.05) is 11.6 Å². The third kappa shape index (κ3) is 3.54. The molecule has 1 aromatic carbocycles. The predicted octanol–water partition coefficient (Wildman–Crippen LogP) is 0.505. The van der Waals surface area contributed by atoms with E-state index in [9.17, 15) is 14.0 Å². The first-order chi connectivity index (χ1) is 9.58. The molecule has 1 aliphatic rings. The smallest absolute Gasteiger partial charge is 0.254 e. The molecule has 0 spiro atoms. The molecule has 0 aromatic heterocycles. The van der Waals surface area contributed by atoms with E-state index >= 15 is 0 Å². The zero-order valence-electron chi connectivity index (χ0n) is 11.1. The van der Waals surface area contributed by atoms with Gasteiger partial charge in [-0.15, -0.1) is 0 Å². The van der Waals surface area contributed by atoms with Gasteiger partial charge in [0.15, 0.2) is 0 Å². The minimum Gasteiger partial charge on any atom is -0.368 e. The number of carbonyl (C=O) groups is 2. The van der Waals surface area contributed by atoms with E-state index in [1.54, 1.807) is 0 Å². The fourth-order valence-electron chi connectivity index (χ4n) is 2.41. The zero-order chi connectivity index (χ0) is 14.5. The number of piperidine rings is 1. The molecule has 2 amide bonds. The van der Waals surface area contributed by atoms with Crippen molar-refractivity contribution in [2.45, 2.75) is 18.9 Å². The molecule has 1 aromatic rings. The van der Waals surface area contributed by atoms with Gasteiger partial charge in [0.1, 0.15) is 5.82 Å². The van der Waals surface area contributed by atoms with Crippen LogP contribution in [0, 0.1) is 5.82 Å². The van der Waals surface area contributed by atoms with Crippen LogP contribution >= 0.6 is 0 Å². The van der Waals surface area contributed by atoms with E-state index in [1.807, 2.05) is 0 Å². The Morgan fingerprint density at radius 1 is 1.25 bits per heavy atom. The van der Waals surface area contributed by atoms with Crippen LogP contribution in [-0.4, -0.2) is 42.4 Å². The maximum atomic E-state index is 12.9. The Hall–Kier alpha value is -1.95. The van der Waals surface area contributed by atoms with E-state index in [0.717, 1.165) is 25.9 Å². The van der Waals surface area contributed by atoms with Gasteiger partial charge in [0.25, 0.3) is 5.91 Å². The van der Waals surface area contributed by atoms with E-state index in [4.69, 9.17) is 5.73 Å². The molecule has 1 heterocycles. The normalized spacial score (nSPS) is 15.8. The summed E-state index contributed by atoms with van der Waals surface area (Å²) in [5.41, 5.74) is 5.60. The lowest BCUT2D eigenvalue weighted by atomic mass is 10.0. The number of amides is 2. The highest BCUT2D eigenvalue weighted by molar-refractivity contribution is 5.96. The van der Waals surface area contributed by atoms with Crippen LogP contribution in [0.5, 0.6) is 0 Å². The number of rotatable bonds is 4. The first-order valence-corrected chi connectivity index (χ1v) is 6.63.